The average molecular weight is 363 g/mol. The Morgan fingerprint density at radius 3 is 2.56 bits per heavy atom. The number of hydrogen-bond donors (Lipinski definition) is 2. The first-order valence-corrected chi connectivity index (χ1v) is 8.89. The van der Waals surface area contributed by atoms with E-state index in [4.69, 9.17) is 4.74 Å². The first-order valence-electron chi connectivity index (χ1n) is 8.89. The SMILES string of the molecule is CN=C(NCc1ccc(C)cc1Oc1ccccc1)NCc1ccnn1C. The maximum absolute atomic E-state index is 6.08. The first kappa shape index (κ1) is 18.5. The lowest BCUT2D eigenvalue weighted by Crippen LogP contribution is -2.36. The van der Waals surface area contributed by atoms with Crippen LogP contribution in [-0.2, 0) is 20.1 Å². The van der Waals surface area contributed by atoms with Crippen molar-refractivity contribution >= 4 is 5.96 Å². The zero-order chi connectivity index (χ0) is 19.1. The highest BCUT2D eigenvalue weighted by molar-refractivity contribution is 5.79. The van der Waals surface area contributed by atoms with Crippen LogP contribution in [0.5, 0.6) is 11.5 Å². The number of hydrogen-bond acceptors (Lipinski definition) is 3. The quantitative estimate of drug-likeness (QED) is 0.521. The third-order valence-electron chi connectivity index (χ3n) is 4.22. The number of rotatable bonds is 6. The highest BCUT2D eigenvalue weighted by atomic mass is 16.5. The molecule has 1 heterocycles. The van der Waals surface area contributed by atoms with Crippen LogP contribution >= 0.6 is 0 Å². The maximum Gasteiger partial charge on any atom is 0.191 e. The van der Waals surface area contributed by atoms with E-state index in [1.54, 1.807) is 13.2 Å². The van der Waals surface area contributed by atoms with E-state index in [1.807, 2.05) is 48.1 Å². The fraction of sp³-hybridized carbons (Fsp3) is 0.238. The second-order valence-corrected chi connectivity index (χ2v) is 6.25. The lowest BCUT2D eigenvalue weighted by molar-refractivity contribution is 0.474. The van der Waals surface area contributed by atoms with Gasteiger partial charge in [0.1, 0.15) is 11.5 Å². The van der Waals surface area contributed by atoms with Gasteiger partial charge in [-0.1, -0.05) is 30.3 Å². The van der Waals surface area contributed by atoms with E-state index in [1.165, 1.54) is 0 Å². The summed E-state index contributed by atoms with van der Waals surface area (Å²) in [6.07, 6.45) is 1.78. The third-order valence-corrected chi connectivity index (χ3v) is 4.22. The van der Waals surface area contributed by atoms with Gasteiger partial charge in [-0.25, -0.2) is 0 Å². The molecule has 27 heavy (non-hydrogen) atoms. The molecule has 1 aromatic heterocycles. The highest BCUT2D eigenvalue weighted by Gasteiger charge is 2.08. The Balaban J connectivity index is 1.65. The van der Waals surface area contributed by atoms with Crippen molar-refractivity contribution in [3.8, 4) is 11.5 Å². The van der Waals surface area contributed by atoms with E-state index in [9.17, 15) is 0 Å². The predicted molar refractivity (Wildman–Crippen MR) is 108 cm³/mol. The molecule has 0 aliphatic rings. The average Bonchev–Trinajstić information content (AvgIpc) is 3.09. The Morgan fingerprint density at radius 1 is 1.07 bits per heavy atom. The zero-order valence-corrected chi connectivity index (χ0v) is 15.9. The molecule has 6 heteroatoms. The summed E-state index contributed by atoms with van der Waals surface area (Å²) in [5, 5.41) is 10.8. The Morgan fingerprint density at radius 2 is 1.85 bits per heavy atom. The number of aliphatic imine (C=N–C) groups is 1. The Bertz CT molecular complexity index is 902. The van der Waals surface area contributed by atoms with Crippen LogP contribution in [0.15, 0.2) is 65.8 Å². The number of nitrogens with one attached hydrogen (secondary N) is 2. The molecule has 0 saturated carbocycles. The summed E-state index contributed by atoms with van der Waals surface area (Å²) in [7, 11) is 3.68. The summed E-state index contributed by atoms with van der Waals surface area (Å²) < 4.78 is 7.92. The van der Waals surface area contributed by atoms with Gasteiger partial charge in [0.05, 0.1) is 12.2 Å². The number of benzene rings is 2. The van der Waals surface area contributed by atoms with Gasteiger partial charge in [-0.15, -0.1) is 0 Å². The van der Waals surface area contributed by atoms with Crippen LogP contribution in [0, 0.1) is 6.92 Å². The zero-order valence-electron chi connectivity index (χ0n) is 15.9. The van der Waals surface area contributed by atoms with Crippen molar-refractivity contribution in [2.45, 2.75) is 20.0 Å². The molecule has 140 valence electrons. The summed E-state index contributed by atoms with van der Waals surface area (Å²) >= 11 is 0. The number of ether oxygens (including phenoxy) is 1. The minimum Gasteiger partial charge on any atom is -0.457 e. The van der Waals surface area contributed by atoms with Crippen LogP contribution in [0.2, 0.25) is 0 Å². The molecule has 3 rings (SSSR count). The summed E-state index contributed by atoms with van der Waals surface area (Å²) in [4.78, 5) is 4.29. The molecule has 0 radical (unpaired) electrons. The molecular formula is C21H25N5O. The van der Waals surface area contributed by atoms with Crippen LogP contribution in [0.3, 0.4) is 0 Å². The second-order valence-electron chi connectivity index (χ2n) is 6.25. The van der Waals surface area contributed by atoms with Gasteiger partial charge in [-0.2, -0.15) is 5.10 Å². The molecule has 0 atom stereocenters. The maximum atomic E-state index is 6.08. The van der Waals surface area contributed by atoms with Crippen molar-refractivity contribution in [1.82, 2.24) is 20.4 Å². The molecule has 0 saturated heterocycles. The van der Waals surface area contributed by atoms with E-state index in [0.717, 1.165) is 34.3 Å². The van der Waals surface area contributed by atoms with Crippen LogP contribution in [-0.4, -0.2) is 22.8 Å². The molecule has 0 amide bonds. The van der Waals surface area contributed by atoms with E-state index >= 15 is 0 Å². The van der Waals surface area contributed by atoms with Crippen LogP contribution in [0.1, 0.15) is 16.8 Å². The van der Waals surface area contributed by atoms with Gasteiger partial charge >= 0.3 is 0 Å². The van der Waals surface area contributed by atoms with E-state index in [-0.39, 0.29) is 0 Å². The molecule has 0 bridgehead atoms. The summed E-state index contributed by atoms with van der Waals surface area (Å²) in [6.45, 7) is 3.31. The molecular weight excluding hydrogens is 338 g/mol. The summed E-state index contributed by atoms with van der Waals surface area (Å²) in [5.74, 6) is 2.39. The van der Waals surface area contributed by atoms with Gasteiger partial charge in [0, 0.05) is 32.4 Å². The largest absolute Gasteiger partial charge is 0.457 e. The van der Waals surface area contributed by atoms with Gasteiger partial charge in [0.25, 0.3) is 0 Å². The third kappa shape index (κ3) is 5.10. The number of guanidine groups is 1. The first-order chi connectivity index (χ1) is 13.2. The molecule has 2 N–H and O–H groups in total. The summed E-state index contributed by atoms with van der Waals surface area (Å²) in [6, 6.07) is 18.0. The van der Waals surface area contributed by atoms with E-state index in [0.29, 0.717) is 13.1 Å². The molecule has 2 aromatic carbocycles. The number of aromatic nitrogens is 2. The van der Waals surface area contributed by atoms with Crippen molar-refractivity contribution in [3.05, 3.63) is 77.6 Å². The molecule has 0 aliphatic heterocycles. The molecule has 0 unspecified atom stereocenters. The van der Waals surface area contributed by atoms with E-state index < -0.39 is 0 Å². The fourth-order valence-electron chi connectivity index (χ4n) is 2.67. The predicted octanol–water partition coefficient (Wildman–Crippen LogP) is 3.39. The van der Waals surface area contributed by atoms with E-state index in [2.05, 4.69) is 45.8 Å². The Labute approximate surface area is 159 Å². The Hall–Kier alpha value is -3.28. The van der Waals surface area contributed by atoms with Gasteiger partial charge < -0.3 is 15.4 Å². The smallest absolute Gasteiger partial charge is 0.191 e. The minimum atomic E-state index is 0.605. The highest BCUT2D eigenvalue weighted by Crippen LogP contribution is 2.26. The van der Waals surface area contributed by atoms with Gasteiger partial charge in [0.15, 0.2) is 5.96 Å². The molecule has 3 aromatic rings. The second kappa shape index (κ2) is 8.89. The lowest BCUT2D eigenvalue weighted by atomic mass is 10.1. The van der Waals surface area contributed by atoms with Crippen molar-refractivity contribution in [2.24, 2.45) is 12.0 Å². The molecule has 0 aliphatic carbocycles. The van der Waals surface area contributed by atoms with Gasteiger partial charge in [-0.3, -0.25) is 9.67 Å². The van der Waals surface area contributed by atoms with Crippen LogP contribution in [0.25, 0.3) is 0 Å². The van der Waals surface area contributed by atoms with Gasteiger partial charge in [-0.05, 0) is 36.8 Å². The number of para-hydroxylation sites is 1. The number of nitrogens with zero attached hydrogens (tertiary/aromatic N) is 3. The van der Waals surface area contributed by atoms with Crippen molar-refractivity contribution < 1.29 is 4.74 Å². The van der Waals surface area contributed by atoms with Crippen molar-refractivity contribution in [1.29, 1.82) is 0 Å². The Kier molecular flexibility index (Phi) is 6.10. The van der Waals surface area contributed by atoms with Gasteiger partial charge in [0.2, 0.25) is 0 Å². The molecule has 0 fully saturated rings. The molecule has 6 nitrogen and oxygen atoms in total. The van der Waals surface area contributed by atoms with Crippen molar-refractivity contribution in [2.75, 3.05) is 7.05 Å². The van der Waals surface area contributed by atoms with Crippen molar-refractivity contribution in [3.63, 3.8) is 0 Å². The normalized spacial score (nSPS) is 11.3. The molecule has 0 spiro atoms. The summed E-state index contributed by atoms with van der Waals surface area (Å²) in [5.41, 5.74) is 3.30. The lowest BCUT2D eigenvalue weighted by Gasteiger charge is -2.15. The number of aryl methyl sites for hydroxylation is 2. The standard InChI is InChI=1S/C21H25N5O/c1-16-9-10-17(20(13-16)27-19-7-5-4-6-8-19)14-23-21(22-2)24-15-18-11-12-25-26(18)3/h4-13H,14-15H2,1-3H3,(H2,22,23,24). The van der Waals surface area contributed by atoms with Crippen LogP contribution < -0.4 is 15.4 Å². The monoisotopic (exact) mass is 363 g/mol. The van der Waals surface area contributed by atoms with Crippen LogP contribution in [0.4, 0.5) is 0 Å². The fourth-order valence-corrected chi connectivity index (χ4v) is 2.67. The minimum absolute atomic E-state index is 0.605. The topological polar surface area (TPSA) is 63.5 Å².